The Morgan fingerprint density at radius 3 is 2.44 bits per heavy atom. The number of aryl methyl sites for hydroxylation is 1. The number of anilines is 3. The highest BCUT2D eigenvalue weighted by Gasteiger charge is 2.11. The number of hydrogen-bond acceptors (Lipinski definition) is 6. The fourth-order valence-corrected chi connectivity index (χ4v) is 2.73. The number of nitrogens with zero attached hydrogens (tertiary/aromatic N) is 2. The Kier molecular flexibility index (Phi) is 5.98. The molecule has 0 aliphatic heterocycles. The van der Waals surface area contributed by atoms with E-state index in [-0.39, 0.29) is 0 Å². The molecule has 140 valence electrons. The van der Waals surface area contributed by atoms with Crippen LogP contribution < -0.4 is 20.1 Å². The Labute approximate surface area is 163 Å². The summed E-state index contributed by atoms with van der Waals surface area (Å²) in [6.45, 7) is 2.71. The highest BCUT2D eigenvalue weighted by molar-refractivity contribution is 6.32. The first-order chi connectivity index (χ1) is 13.1. The Morgan fingerprint density at radius 2 is 1.74 bits per heavy atom. The average Bonchev–Trinajstić information content (AvgIpc) is 2.69. The van der Waals surface area contributed by atoms with E-state index in [1.54, 1.807) is 38.6 Å². The molecule has 1 aromatic heterocycles. The van der Waals surface area contributed by atoms with Crippen molar-refractivity contribution in [3.8, 4) is 11.5 Å². The Bertz CT molecular complexity index is 916. The number of methoxy groups -OCH3 is 2. The zero-order chi connectivity index (χ0) is 19.2. The summed E-state index contributed by atoms with van der Waals surface area (Å²) < 4.78 is 10.7. The maximum Gasteiger partial charge on any atom is 0.224 e. The van der Waals surface area contributed by atoms with E-state index < -0.39 is 0 Å². The number of benzene rings is 2. The topological polar surface area (TPSA) is 68.3 Å². The van der Waals surface area contributed by atoms with Crippen molar-refractivity contribution < 1.29 is 9.47 Å². The van der Waals surface area contributed by atoms with E-state index in [9.17, 15) is 0 Å². The molecule has 0 spiro atoms. The van der Waals surface area contributed by atoms with E-state index in [4.69, 9.17) is 21.1 Å². The van der Waals surface area contributed by atoms with Crippen LogP contribution in [0.3, 0.4) is 0 Å². The van der Waals surface area contributed by atoms with E-state index in [0.29, 0.717) is 40.5 Å². The third-order valence-corrected chi connectivity index (χ3v) is 4.26. The van der Waals surface area contributed by atoms with Gasteiger partial charge < -0.3 is 20.1 Å². The van der Waals surface area contributed by atoms with Gasteiger partial charge in [0.25, 0.3) is 0 Å². The number of aromatic nitrogens is 2. The number of hydrogen-bond donors (Lipinski definition) is 2. The molecule has 3 rings (SSSR count). The number of halogens is 1. The number of rotatable bonds is 7. The van der Waals surface area contributed by atoms with Gasteiger partial charge in [-0.3, -0.25) is 0 Å². The lowest BCUT2D eigenvalue weighted by atomic mass is 10.1. The normalized spacial score (nSPS) is 10.4. The minimum Gasteiger partial charge on any atom is -0.495 e. The standard InChI is InChI=1S/C20H21ClN4O2/c1-13-4-6-14(7-5-13)12-23-20-22-9-8-19(25-20)24-16-11-17(26-2)15(21)10-18(16)27-3/h4-11H,12H2,1-3H3,(H2,22,23,24,25). The van der Waals surface area contributed by atoms with Crippen LogP contribution in [0.25, 0.3) is 0 Å². The molecule has 2 N–H and O–H groups in total. The first kappa shape index (κ1) is 18.8. The van der Waals surface area contributed by atoms with Crippen LogP contribution in [0.4, 0.5) is 17.5 Å². The molecule has 1 heterocycles. The number of ether oxygens (including phenoxy) is 2. The minimum absolute atomic E-state index is 0.475. The second kappa shape index (κ2) is 8.60. The first-order valence-electron chi connectivity index (χ1n) is 8.40. The van der Waals surface area contributed by atoms with Gasteiger partial charge in [0.2, 0.25) is 5.95 Å². The van der Waals surface area contributed by atoms with Crippen molar-refractivity contribution in [1.82, 2.24) is 9.97 Å². The van der Waals surface area contributed by atoms with Crippen molar-refractivity contribution in [1.29, 1.82) is 0 Å². The molecule has 0 aliphatic rings. The fourth-order valence-electron chi connectivity index (χ4n) is 2.50. The highest BCUT2D eigenvalue weighted by Crippen LogP contribution is 2.37. The summed E-state index contributed by atoms with van der Waals surface area (Å²) in [6.07, 6.45) is 1.69. The molecule has 0 amide bonds. The summed E-state index contributed by atoms with van der Waals surface area (Å²) >= 11 is 6.15. The molecule has 0 aliphatic carbocycles. The van der Waals surface area contributed by atoms with Gasteiger partial charge in [-0.15, -0.1) is 0 Å². The van der Waals surface area contributed by atoms with Crippen LogP contribution in [0.2, 0.25) is 5.02 Å². The Hall–Kier alpha value is -2.99. The zero-order valence-corrected chi connectivity index (χ0v) is 16.2. The lowest BCUT2D eigenvalue weighted by Crippen LogP contribution is -2.05. The van der Waals surface area contributed by atoms with E-state index in [1.807, 2.05) is 0 Å². The lowest BCUT2D eigenvalue weighted by Gasteiger charge is -2.14. The summed E-state index contributed by atoms with van der Waals surface area (Å²) in [5.41, 5.74) is 3.09. The second-order valence-corrected chi connectivity index (χ2v) is 6.32. The molecule has 0 unspecified atom stereocenters. The molecule has 27 heavy (non-hydrogen) atoms. The van der Waals surface area contributed by atoms with Gasteiger partial charge in [-0.2, -0.15) is 4.98 Å². The van der Waals surface area contributed by atoms with Crippen LogP contribution in [0, 0.1) is 6.92 Å². The molecule has 2 aromatic carbocycles. The lowest BCUT2D eigenvalue weighted by molar-refractivity contribution is 0.405. The molecule has 0 saturated carbocycles. The largest absolute Gasteiger partial charge is 0.495 e. The predicted octanol–water partition coefficient (Wildman–Crippen LogP) is 4.81. The summed E-state index contributed by atoms with van der Waals surface area (Å²) in [7, 11) is 3.15. The van der Waals surface area contributed by atoms with Crippen LogP contribution in [-0.2, 0) is 6.54 Å². The molecule has 7 heteroatoms. The van der Waals surface area contributed by atoms with Crippen LogP contribution >= 0.6 is 11.6 Å². The predicted molar refractivity (Wildman–Crippen MR) is 108 cm³/mol. The quantitative estimate of drug-likeness (QED) is 0.609. The van der Waals surface area contributed by atoms with Gasteiger partial charge >= 0.3 is 0 Å². The molecule has 0 bridgehead atoms. The van der Waals surface area contributed by atoms with Gasteiger partial charge in [-0.1, -0.05) is 41.4 Å². The number of nitrogens with one attached hydrogen (secondary N) is 2. The van der Waals surface area contributed by atoms with Crippen LogP contribution in [0.1, 0.15) is 11.1 Å². The van der Waals surface area contributed by atoms with Crippen molar-refractivity contribution in [3.05, 3.63) is 64.8 Å². The molecule has 0 fully saturated rings. The third-order valence-electron chi connectivity index (χ3n) is 3.96. The van der Waals surface area contributed by atoms with Gasteiger partial charge in [-0.05, 0) is 18.6 Å². The van der Waals surface area contributed by atoms with Crippen LogP contribution in [0.5, 0.6) is 11.5 Å². The summed E-state index contributed by atoms with van der Waals surface area (Å²) in [5, 5.41) is 6.92. The van der Waals surface area contributed by atoms with Crippen LogP contribution in [-0.4, -0.2) is 24.2 Å². The summed E-state index contributed by atoms with van der Waals surface area (Å²) in [5.74, 6) is 2.29. The maximum atomic E-state index is 6.15. The summed E-state index contributed by atoms with van der Waals surface area (Å²) in [4.78, 5) is 8.76. The SMILES string of the molecule is COc1cc(Nc2ccnc(NCc3ccc(C)cc3)n2)c(OC)cc1Cl. The highest BCUT2D eigenvalue weighted by atomic mass is 35.5. The molecule has 0 radical (unpaired) electrons. The van der Waals surface area contributed by atoms with E-state index in [2.05, 4.69) is 51.8 Å². The molecular weight excluding hydrogens is 364 g/mol. The van der Waals surface area contributed by atoms with Gasteiger partial charge in [-0.25, -0.2) is 4.98 Å². The van der Waals surface area contributed by atoms with E-state index in [1.165, 1.54) is 5.56 Å². The van der Waals surface area contributed by atoms with Gasteiger partial charge in [0, 0.05) is 24.9 Å². The monoisotopic (exact) mass is 384 g/mol. The van der Waals surface area contributed by atoms with E-state index in [0.717, 1.165) is 5.56 Å². The van der Waals surface area contributed by atoms with Crippen LogP contribution in [0.15, 0.2) is 48.7 Å². The Morgan fingerprint density at radius 1 is 1.00 bits per heavy atom. The van der Waals surface area contributed by atoms with Crippen molar-refractivity contribution in [2.45, 2.75) is 13.5 Å². The maximum absolute atomic E-state index is 6.15. The van der Waals surface area contributed by atoms with Crippen molar-refractivity contribution in [2.75, 3.05) is 24.9 Å². The van der Waals surface area contributed by atoms with Crippen molar-refractivity contribution >= 4 is 29.1 Å². The zero-order valence-electron chi connectivity index (χ0n) is 15.4. The van der Waals surface area contributed by atoms with E-state index >= 15 is 0 Å². The summed E-state index contributed by atoms with van der Waals surface area (Å²) in [6, 6.07) is 13.6. The third kappa shape index (κ3) is 4.80. The minimum atomic E-state index is 0.475. The Balaban J connectivity index is 1.75. The van der Waals surface area contributed by atoms with Crippen molar-refractivity contribution in [3.63, 3.8) is 0 Å². The van der Waals surface area contributed by atoms with Gasteiger partial charge in [0.1, 0.15) is 17.3 Å². The smallest absolute Gasteiger partial charge is 0.224 e. The average molecular weight is 385 g/mol. The molecule has 0 atom stereocenters. The second-order valence-electron chi connectivity index (χ2n) is 5.92. The molecule has 0 saturated heterocycles. The van der Waals surface area contributed by atoms with Crippen molar-refractivity contribution in [2.24, 2.45) is 0 Å². The fraction of sp³-hybridized carbons (Fsp3) is 0.200. The first-order valence-corrected chi connectivity index (χ1v) is 8.78. The van der Waals surface area contributed by atoms with Gasteiger partial charge in [0.05, 0.1) is 24.9 Å². The van der Waals surface area contributed by atoms with Gasteiger partial charge in [0.15, 0.2) is 0 Å². The molecular formula is C20H21ClN4O2. The molecule has 6 nitrogen and oxygen atoms in total. The molecule has 3 aromatic rings.